The van der Waals surface area contributed by atoms with E-state index in [1.54, 1.807) is 49.3 Å². The molecule has 0 bridgehead atoms. The van der Waals surface area contributed by atoms with Crippen molar-refractivity contribution in [3.63, 3.8) is 0 Å². The molecule has 0 radical (unpaired) electrons. The van der Waals surface area contributed by atoms with Crippen molar-refractivity contribution in [3.05, 3.63) is 61.1 Å². The van der Waals surface area contributed by atoms with Crippen LogP contribution in [-0.4, -0.2) is 46.5 Å². The molecular formula is C20H23N5O3S. The second kappa shape index (κ2) is 8.97. The maximum absolute atomic E-state index is 12.7. The van der Waals surface area contributed by atoms with Gasteiger partial charge < -0.3 is 5.32 Å². The number of rotatable bonds is 8. The molecule has 0 aliphatic rings. The van der Waals surface area contributed by atoms with Gasteiger partial charge in [0.15, 0.2) is 0 Å². The van der Waals surface area contributed by atoms with Crippen molar-refractivity contribution in [1.29, 1.82) is 0 Å². The Morgan fingerprint density at radius 1 is 1.07 bits per heavy atom. The Morgan fingerprint density at radius 3 is 2.48 bits per heavy atom. The van der Waals surface area contributed by atoms with Crippen LogP contribution in [0, 0.1) is 0 Å². The van der Waals surface area contributed by atoms with Gasteiger partial charge in [-0.25, -0.2) is 8.42 Å². The molecule has 2 heterocycles. The van der Waals surface area contributed by atoms with E-state index in [-0.39, 0.29) is 17.3 Å². The van der Waals surface area contributed by atoms with Crippen LogP contribution < -0.4 is 5.32 Å². The van der Waals surface area contributed by atoms with E-state index < -0.39 is 10.0 Å². The normalized spacial score (nSPS) is 11.6. The van der Waals surface area contributed by atoms with Crippen LogP contribution in [0.4, 0.5) is 5.69 Å². The highest BCUT2D eigenvalue weighted by Gasteiger charge is 2.22. The second-order valence-electron chi connectivity index (χ2n) is 6.28. The van der Waals surface area contributed by atoms with Crippen molar-refractivity contribution in [2.24, 2.45) is 0 Å². The summed E-state index contributed by atoms with van der Waals surface area (Å²) < 4.78 is 28.3. The SMILES string of the molecule is CCN(CC)S(=O)(=O)c1cccc(NC(=O)Cn2nccc2-c2ccncc2)c1. The van der Waals surface area contributed by atoms with Crippen LogP contribution in [0.3, 0.4) is 0 Å². The summed E-state index contributed by atoms with van der Waals surface area (Å²) in [7, 11) is -3.59. The van der Waals surface area contributed by atoms with Crippen LogP contribution in [0.15, 0.2) is 66.0 Å². The Labute approximate surface area is 170 Å². The zero-order chi connectivity index (χ0) is 20.9. The predicted octanol–water partition coefficient (Wildman–Crippen LogP) is 2.61. The molecule has 0 atom stereocenters. The maximum Gasteiger partial charge on any atom is 0.246 e. The van der Waals surface area contributed by atoms with Crippen LogP contribution in [0.1, 0.15) is 13.8 Å². The third kappa shape index (κ3) is 4.69. The number of anilines is 1. The number of hydrogen-bond acceptors (Lipinski definition) is 5. The van der Waals surface area contributed by atoms with Gasteiger partial charge in [0.2, 0.25) is 15.9 Å². The molecule has 152 valence electrons. The minimum Gasteiger partial charge on any atom is -0.324 e. The quantitative estimate of drug-likeness (QED) is 0.612. The fourth-order valence-electron chi connectivity index (χ4n) is 3.01. The summed E-state index contributed by atoms with van der Waals surface area (Å²) in [5.41, 5.74) is 2.11. The molecule has 0 unspecified atom stereocenters. The molecule has 8 nitrogen and oxygen atoms in total. The zero-order valence-corrected chi connectivity index (χ0v) is 17.1. The van der Waals surface area contributed by atoms with E-state index in [2.05, 4.69) is 15.4 Å². The van der Waals surface area contributed by atoms with E-state index in [0.29, 0.717) is 18.8 Å². The Kier molecular flexibility index (Phi) is 6.40. The Bertz CT molecular complexity index is 1080. The van der Waals surface area contributed by atoms with Gasteiger partial charge in [-0.05, 0) is 36.4 Å². The van der Waals surface area contributed by atoms with Crippen LogP contribution in [-0.2, 0) is 21.4 Å². The molecule has 0 spiro atoms. The van der Waals surface area contributed by atoms with E-state index in [4.69, 9.17) is 0 Å². The molecule has 1 aromatic carbocycles. The summed E-state index contributed by atoms with van der Waals surface area (Å²) in [5.74, 6) is -0.304. The average molecular weight is 414 g/mol. The number of carbonyl (C=O) groups is 1. The van der Waals surface area contributed by atoms with E-state index >= 15 is 0 Å². The molecule has 9 heteroatoms. The lowest BCUT2D eigenvalue weighted by Crippen LogP contribution is -2.30. The van der Waals surface area contributed by atoms with E-state index in [9.17, 15) is 13.2 Å². The third-order valence-electron chi connectivity index (χ3n) is 4.45. The topological polar surface area (TPSA) is 97.2 Å². The largest absolute Gasteiger partial charge is 0.324 e. The average Bonchev–Trinajstić information content (AvgIpc) is 3.17. The second-order valence-corrected chi connectivity index (χ2v) is 8.21. The molecule has 0 fully saturated rings. The fraction of sp³-hybridized carbons (Fsp3) is 0.250. The highest BCUT2D eigenvalue weighted by atomic mass is 32.2. The Balaban J connectivity index is 1.75. The Morgan fingerprint density at radius 2 is 1.79 bits per heavy atom. The highest BCUT2D eigenvalue weighted by molar-refractivity contribution is 7.89. The van der Waals surface area contributed by atoms with Crippen LogP contribution in [0.5, 0.6) is 0 Å². The number of hydrogen-bond donors (Lipinski definition) is 1. The molecule has 29 heavy (non-hydrogen) atoms. The first-order valence-electron chi connectivity index (χ1n) is 9.28. The van der Waals surface area contributed by atoms with Crippen molar-refractivity contribution >= 4 is 21.6 Å². The third-order valence-corrected chi connectivity index (χ3v) is 6.49. The predicted molar refractivity (Wildman–Crippen MR) is 111 cm³/mol. The van der Waals surface area contributed by atoms with Gasteiger partial charge >= 0.3 is 0 Å². The summed E-state index contributed by atoms with van der Waals surface area (Å²) in [6.45, 7) is 4.34. The highest BCUT2D eigenvalue weighted by Crippen LogP contribution is 2.20. The molecule has 0 saturated carbocycles. The van der Waals surface area contributed by atoms with Crippen molar-refractivity contribution in [3.8, 4) is 11.3 Å². The molecule has 2 aromatic heterocycles. The number of nitrogens with zero attached hydrogens (tertiary/aromatic N) is 4. The van der Waals surface area contributed by atoms with Crippen molar-refractivity contribution in [2.75, 3.05) is 18.4 Å². The van der Waals surface area contributed by atoms with E-state index in [0.717, 1.165) is 11.3 Å². The van der Waals surface area contributed by atoms with Gasteiger partial charge in [-0.3, -0.25) is 14.5 Å². The maximum atomic E-state index is 12.7. The first-order valence-corrected chi connectivity index (χ1v) is 10.7. The van der Waals surface area contributed by atoms with Crippen molar-refractivity contribution < 1.29 is 13.2 Å². The van der Waals surface area contributed by atoms with Gasteiger partial charge in [0.25, 0.3) is 0 Å². The van der Waals surface area contributed by atoms with Gasteiger partial charge in [-0.2, -0.15) is 9.40 Å². The number of benzene rings is 1. The van der Waals surface area contributed by atoms with Gasteiger partial charge in [0.05, 0.1) is 10.6 Å². The van der Waals surface area contributed by atoms with E-state index in [1.165, 1.54) is 16.4 Å². The lowest BCUT2D eigenvalue weighted by Gasteiger charge is -2.19. The molecule has 0 saturated heterocycles. The molecule has 0 aliphatic heterocycles. The molecular weight excluding hydrogens is 390 g/mol. The number of nitrogens with one attached hydrogen (secondary N) is 1. The minimum atomic E-state index is -3.59. The standard InChI is InChI=1S/C20H23N5O3S/c1-3-24(4-2)29(27,28)18-7-5-6-17(14-18)23-20(26)15-25-19(10-13-22-25)16-8-11-21-12-9-16/h5-14H,3-4,15H2,1-2H3,(H,23,26). The van der Waals surface area contributed by atoms with Crippen LogP contribution >= 0.6 is 0 Å². The number of aromatic nitrogens is 3. The fourth-order valence-corrected chi connectivity index (χ4v) is 4.51. The molecule has 3 rings (SSSR count). The summed E-state index contributed by atoms with van der Waals surface area (Å²) in [4.78, 5) is 16.7. The minimum absolute atomic E-state index is 0.00230. The van der Waals surface area contributed by atoms with Crippen LogP contribution in [0.25, 0.3) is 11.3 Å². The van der Waals surface area contributed by atoms with Gasteiger partial charge in [0, 0.05) is 42.9 Å². The number of amides is 1. The zero-order valence-electron chi connectivity index (χ0n) is 16.3. The van der Waals surface area contributed by atoms with E-state index in [1.807, 2.05) is 18.2 Å². The summed E-state index contributed by atoms with van der Waals surface area (Å²) >= 11 is 0. The summed E-state index contributed by atoms with van der Waals surface area (Å²) in [5, 5.41) is 6.96. The lowest BCUT2D eigenvalue weighted by atomic mass is 10.2. The summed E-state index contributed by atoms with van der Waals surface area (Å²) in [6, 6.07) is 11.8. The smallest absolute Gasteiger partial charge is 0.246 e. The van der Waals surface area contributed by atoms with Gasteiger partial charge in [-0.1, -0.05) is 19.9 Å². The molecule has 1 amide bonds. The molecule has 1 N–H and O–H groups in total. The molecule has 3 aromatic rings. The Hall–Kier alpha value is -3.04. The van der Waals surface area contributed by atoms with Gasteiger partial charge in [-0.15, -0.1) is 0 Å². The monoisotopic (exact) mass is 413 g/mol. The first-order chi connectivity index (χ1) is 14.0. The number of sulfonamides is 1. The summed E-state index contributed by atoms with van der Waals surface area (Å²) in [6.07, 6.45) is 4.98. The van der Waals surface area contributed by atoms with Crippen molar-refractivity contribution in [2.45, 2.75) is 25.3 Å². The number of carbonyl (C=O) groups excluding carboxylic acids is 1. The number of pyridine rings is 1. The van der Waals surface area contributed by atoms with Gasteiger partial charge in [0.1, 0.15) is 6.54 Å². The van der Waals surface area contributed by atoms with Crippen molar-refractivity contribution in [1.82, 2.24) is 19.1 Å². The van der Waals surface area contributed by atoms with Crippen LogP contribution in [0.2, 0.25) is 0 Å². The first kappa shape index (κ1) is 20.7. The lowest BCUT2D eigenvalue weighted by molar-refractivity contribution is -0.116. The molecule has 0 aliphatic carbocycles.